The zero-order valence-corrected chi connectivity index (χ0v) is 15.1. The molecule has 0 N–H and O–H groups in total. The Labute approximate surface area is 148 Å². The maximum atomic E-state index is 12.5. The lowest BCUT2D eigenvalue weighted by atomic mass is 10.0. The minimum atomic E-state index is -3.91. The fourth-order valence-electron chi connectivity index (χ4n) is 2.81. The standard InChI is InChI=1S/C19H21NO4S/c1-14(2)15-5-3-6-17(13-15)24-25(22,23)18-10-8-16(9-11-18)20-12-4-7-19(20)21/h3,5-6,8-11,13-14H,4,7,12H2,1-2H3. The highest BCUT2D eigenvalue weighted by molar-refractivity contribution is 7.87. The van der Waals surface area contributed by atoms with Gasteiger partial charge >= 0.3 is 10.1 Å². The zero-order chi connectivity index (χ0) is 18.0. The smallest absolute Gasteiger partial charge is 0.339 e. The highest BCUT2D eigenvalue weighted by Crippen LogP contribution is 2.26. The summed E-state index contributed by atoms with van der Waals surface area (Å²) in [7, 11) is -3.91. The predicted octanol–water partition coefficient (Wildman–Crippen LogP) is 3.70. The quantitative estimate of drug-likeness (QED) is 0.764. The van der Waals surface area contributed by atoms with Crippen LogP contribution in [0, 0.1) is 0 Å². The summed E-state index contributed by atoms with van der Waals surface area (Å²) in [6.45, 7) is 4.74. The molecule has 0 atom stereocenters. The van der Waals surface area contributed by atoms with Crippen LogP contribution in [0.4, 0.5) is 5.69 Å². The number of benzene rings is 2. The van der Waals surface area contributed by atoms with Crippen molar-refractivity contribution in [1.82, 2.24) is 0 Å². The van der Waals surface area contributed by atoms with Crippen molar-refractivity contribution in [3.05, 3.63) is 54.1 Å². The molecule has 0 spiro atoms. The monoisotopic (exact) mass is 359 g/mol. The number of amides is 1. The molecule has 25 heavy (non-hydrogen) atoms. The molecule has 0 aliphatic carbocycles. The molecule has 5 nitrogen and oxygen atoms in total. The van der Waals surface area contributed by atoms with Gasteiger partial charge in [0, 0.05) is 18.7 Å². The van der Waals surface area contributed by atoms with Crippen LogP contribution < -0.4 is 9.08 Å². The Kier molecular flexibility index (Phi) is 4.81. The van der Waals surface area contributed by atoms with Crippen LogP contribution in [-0.4, -0.2) is 20.9 Å². The zero-order valence-electron chi connectivity index (χ0n) is 14.3. The second-order valence-corrected chi connectivity index (χ2v) is 7.95. The first-order valence-electron chi connectivity index (χ1n) is 8.32. The van der Waals surface area contributed by atoms with Gasteiger partial charge in [0.15, 0.2) is 0 Å². The first kappa shape index (κ1) is 17.5. The lowest BCUT2D eigenvalue weighted by molar-refractivity contribution is -0.117. The van der Waals surface area contributed by atoms with Crippen LogP contribution in [0.5, 0.6) is 5.75 Å². The lowest BCUT2D eigenvalue weighted by Gasteiger charge is -2.16. The van der Waals surface area contributed by atoms with E-state index in [0.29, 0.717) is 24.4 Å². The van der Waals surface area contributed by atoms with E-state index in [-0.39, 0.29) is 16.7 Å². The average Bonchev–Trinajstić information content (AvgIpc) is 3.01. The summed E-state index contributed by atoms with van der Waals surface area (Å²) in [6, 6.07) is 13.3. The molecule has 2 aromatic carbocycles. The summed E-state index contributed by atoms with van der Waals surface area (Å²) < 4.78 is 30.2. The Hall–Kier alpha value is -2.34. The van der Waals surface area contributed by atoms with Gasteiger partial charge in [-0.1, -0.05) is 26.0 Å². The van der Waals surface area contributed by atoms with Crippen LogP contribution >= 0.6 is 0 Å². The van der Waals surface area contributed by atoms with Crippen LogP contribution in [0.2, 0.25) is 0 Å². The molecule has 0 saturated carbocycles. The first-order valence-corrected chi connectivity index (χ1v) is 9.72. The van der Waals surface area contributed by atoms with E-state index in [1.165, 1.54) is 12.1 Å². The maximum absolute atomic E-state index is 12.5. The molecule has 1 aliphatic rings. The third-order valence-electron chi connectivity index (χ3n) is 4.24. The Bertz CT molecular complexity index is 873. The van der Waals surface area contributed by atoms with Crippen LogP contribution in [0.3, 0.4) is 0 Å². The fraction of sp³-hybridized carbons (Fsp3) is 0.316. The predicted molar refractivity (Wildman–Crippen MR) is 96.4 cm³/mol. The van der Waals surface area contributed by atoms with Gasteiger partial charge in [0.1, 0.15) is 10.6 Å². The van der Waals surface area contributed by atoms with Crippen molar-refractivity contribution in [2.75, 3.05) is 11.4 Å². The number of anilines is 1. The summed E-state index contributed by atoms with van der Waals surface area (Å²) in [5.41, 5.74) is 1.72. The molecule has 1 saturated heterocycles. The van der Waals surface area contributed by atoms with Crippen molar-refractivity contribution in [1.29, 1.82) is 0 Å². The van der Waals surface area contributed by atoms with Gasteiger partial charge in [-0.2, -0.15) is 8.42 Å². The Morgan fingerprint density at radius 3 is 2.40 bits per heavy atom. The van der Waals surface area contributed by atoms with Crippen LogP contribution in [0.15, 0.2) is 53.4 Å². The third kappa shape index (κ3) is 3.85. The normalized spacial score (nSPS) is 15.0. The summed E-state index contributed by atoms with van der Waals surface area (Å²) in [5.74, 6) is 0.644. The van der Waals surface area contributed by atoms with E-state index in [0.717, 1.165) is 12.0 Å². The molecule has 1 amide bonds. The summed E-state index contributed by atoms with van der Waals surface area (Å²) in [4.78, 5) is 13.5. The van der Waals surface area contributed by atoms with Crippen LogP contribution in [0.1, 0.15) is 38.2 Å². The van der Waals surface area contributed by atoms with Gasteiger partial charge in [0.2, 0.25) is 5.91 Å². The molecule has 2 aromatic rings. The third-order valence-corrected chi connectivity index (χ3v) is 5.50. The van der Waals surface area contributed by atoms with E-state index < -0.39 is 10.1 Å². The highest BCUT2D eigenvalue weighted by atomic mass is 32.2. The van der Waals surface area contributed by atoms with Crippen molar-refractivity contribution in [3.63, 3.8) is 0 Å². The van der Waals surface area contributed by atoms with Gasteiger partial charge in [-0.25, -0.2) is 0 Å². The molecule has 1 heterocycles. The molecule has 132 valence electrons. The molecule has 0 aromatic heterocycles. The average molecular weight is 359 g/mol. The van der Waals surface area contributed by atoms with Crippen LogP contribution in [0.25, 0.3) is 0 Å². The highest BCUT2D eigenvalue weighted by Gasteiger charge is 2.23. The number of carbonyl (C=O) groups is 1. The summed E-state index contributed by atoms with van der Waals surface area (Å²) in [5, 5.41) is 0. The molecule has 0 unspecified atom stereocenters. The van der Waals surface area contributed by atoms with Crippen molar-refractivity contribution < 1.29 is 17.4 Å². The minimum Gasteiger partial charge on any atom is -0.379 e. The molecular weight excluding hydrogens is 338 g/mol. The van der Waals surface area contributed by atoms with E-state index in [1.807, 2.05) is 19.9 Å². The molecule has 0 bridgehead atoms. The van der Waals surface area contributed by atoms with Gasteiger partial charge in [-0.15, -0.1) is 0 Å². The second-order valence-electron chi connectivity index (χ2n) is 6.41. The second kappa shape index (κ2) is 6.88. The first-order chi connectivity index (χ1) is 11.9. The number of hydrogen-bond acceptors (Lipinski definition) is 4. The summed E-state index contributed by atoms with van der Waals surface area (Å²) in [6.07, 6.45) is 1.36. The van der Waals surface area contributed by atoms with Crippen molar-refractivity contribution in [2.24, 2.45) is 0 Å². The van der Waals surface area contributed by atoms with Gasteiger partial charge in [0.25, 0.3) is 0 Å². The summed E-state index contributed by atoms with van der Waals surface area (Å²) >= 11 is 0. The maximum Gasteiger partial charge on any atom is 0.339 e. The number of hydrogen-bond donors (Lipinski definition) is 0. The SMILES string of the molecule is CC(C)c1cccc(OS(=O)(=O)c2ccc(N3CCCC3=O)cc2)c1. The van der Waals surface area contributed by atoms with Gasteiger partial charge in [0.05, 0.1) is 0 Å². The number of nitrogens with zero attached hydrogens (tertiary/aromatic N) is 1. The van der Waals surface area contributed by atoms with Gasteiger partial charge in [-0.05, 0) is 54.3 Å². The molecular formula is C19H21NO4S. The van der Waals surface area contributed by atoms with E-state index in [9.17, 15) is 13.2 Å². The number of rotatable bonds is 5. The number of carbonyl (C=O) groups excluding carboxylic acids is 1. The van der Waals surface area contributed by atoms with Crippen LogP contribution in [-0.2, 0) is 14.9 Å². The molecule has 0 radical (unpaired) electrons. The topological polar surface area (TPSA) is 63.7 Å². The van der Waals surface area contributed by atoms with Gasteiger partial charge < -0.3 is 9.08 Å². The largest absolute Gasteiger partial charge is 0.379 e. The van der Waals surface area contributed by atoms with E-state index in [2.05, 4.69) is 0 Å². The molecule has 1 aliphatic heterocycles. The van der Waals surface area contributed by atoms with Gasteiger partial charge in [-0.3, -0.25) is 4.79 Å². The minimum absolute atomic E-state index is 0.0670. The van der Waals surface area contributed by atoms with E-state index >= 15 is 0 Å². The van der Waals surface area contributed by atoms with Crippen molar-refractivity contribution in [2.45, 2.75) is 37.5 Å². The molecule has 1 fully saturated rings. The van der Waals surface area contributed by atoms with E-state index in [4.69, 9.17) is 4.18 Å². The Balaban J connectivity index is 1.80. The van der Waals surface area contributed by atoms with E-state index in [1.54, 1.807) is 35.2 Å². The Morgan fingerprint density at radius 1 is 1.08 bits per heavy atom. The van der Waals surface area contributed by atoms with Crippen molar-refractivity contribution >= 4 is 21.7 Å². The molecule has 6 heteroatoms. The fourth-order valence-corrected chi connectivity index (χ4v) is 3.74. The Morgan fingerprint density at radius 2 is 1.80 bits per heavy atom. The molecule has 3 rings (SSSR count). The van der Waals surface area contributed by atoms with Crippen molar-refractivity contribution in [3.8, 4) is 5.75 Å². The lowest BCUT2D eigenvalue weighted by Crippen LogP contribution is -2.23.